The van der Waals surface area contributed by atoms with Gasteiger partial charge in [0.05, 0.1) is 24.9 Å². The summed E-state index contributed by atoms with van der Waals surface area (Å²) in [6.07, 6.45) is 1.73. The van der Waals surface area contributed by atoms with Gasteiger partial charge in [-0.1, -0.05) is 6.07 Å². The number of methoxy groups -OCH3 is 1. The molecule has 0 spiro atoms. The van der Waals surface area contributed by atoms with Crippen LogP contribution in [0.2, 0.25) is 0 Å². The number of hydrogen-bond donors (Lipinski definition) is 2. The number of amides is 2. The number of carbonyl (C=O) groups is 2. The lowest BCUT2D eigenvalue weighted by Crippen LogP contribution is -2.28. The van der Waals surface area contributed by atoms with Gasteiger partial charge in [-0.25, -0.2) is 0 Å². The summed E-state index contributed by atoms with van der Waals surface area (Å²) in [6, 6.07) is 7.31. The number of ether oxygens (including phenoxy) is 1. The fourth-order valence-corrected chi connectivity index (χ4v) is 2.69. The Morgan fingerprint density at radius 1 is 1.43 bits per heavy atom. The molecule has 1 saturated heterocycles. The molecular formula is C16H18N4O3. The highest BCUT2D eigenvalue weighted by Crippen LogP contribution is 2.34. The van der Waals surface area contributed by atoms with Crippen LogP contribution in [-0.2, 0) is 9.59 Å². The zero-order valence-corrected chi connectivity index (χ0v) is 13.0. The van der Waals surface area contributed by atoms with Crippen molar-refractivity contribution in [3.8, 4) is 5.75 Å². The summed E-state index contributed by atoms with van der Waals surface area (Å²) in [7, 11) is 1.57. The Bertz CT molecular complexity index is 727. The molecule has 2 N–H and O–H groups in total. The molecule has 2 heterocycles. The Kier molecular flexibility index (Phi) is 4.01. The third-order valence-electron chi connectivity index (χ3n) is 3.88. The zero-order chi connectivity index (χ0) is 16.4. The number of aromatic amines is 1. The van der Waals surface area contributed by atoms with E-state index in [9.17, 15) is 9.59 Å². The van der Waals surface area contributed by atoms with E-state index in [-0.39, 0.29) is 18.2 Å². The van der Waals surface area contributed by atoms with Gasteiger partial charge < -0.3 is 15.0 Å². The molecule has 0 saturated carbocycles. The second kappa shape index (κ2) is 6.12. The van der Waals surface area contributed by atoms with Gasteiger partial charge in [0.25, 0.3) is 0 Å². The van der Waals surface area contributed by atoms with E-state index in [0.717, 1.165) is 5.56 Å². The molecule has 2 aromatic rings. The molecule has 23 heavy (non-hydrogen) atoms. The second-order valence-corrected chi connectivity index (χ2v) is 5.54. The summed E-state index contributed by atoms with van der Waals surface area (Å²) in [4.78, 5) is 26.2. The maximum Gasteiger partial charge on any atom is 0.230 e. The molecule has 1 fully saturated rings. The first-order chi connectivity index (χ1) is 11.1. The molecule has 7 nitrogen and oxygen atoms in total. The quantitative estimate of drug-likeness (QED) is 0.899. The minimum absolute atomic E-state index is 0.0846. The average Bonchev–Trinajstić information content (AvgIpc) is 3.16. The van der Waals surface area contributed by atoms with Crippen molar-refractivity contribution in [2.24, 2.45) is 5.92 Å². The van der Waals surface area contributed by atoms with Crippen LogP contribution in [-0.4, -0.2) is 35.7 Å². The van der Waals surface area contributed by atoms with Gasteiger partial charge in [0, 0.05) is 19.0 Å². The van der Waals surface area contributed by atoms with Gasteiger partial charge in [0.2, 0.25) is 11.8 Å². The molecule has 1 aliphatic rings. The van der Waals surface area contributed by atoms with Gasteiger partial charge in [-0.15, -0.1) is 0 Å². The number of aryl methyl sites for hydroxylation is 1. The molecule has 1 aliphatic heterocycles. The van der Waals surface area contributed by atoms with E-state index >= 15 is 0 Å². The minimum atomic E-state index is -0.406. The van der Waals surface area contributed by atoms with Gasteiger partial charge in [0.15, 0.2) is 0 Å². The standard InChI is InChI=1S/C16H18N4O3/c1-10-3-4-13(23-2)12(7-10)20-9-11(8-15(20)21)16(22)18-14-5-6-17-19-14/h3-7,11H,8-9H2,1-2H3,(H2,17,18,19,22). The molecule has 0 bridgehead atoms. The van der Waals surface area contributed by atoms with Crippen molar-refractivity contribution in [1.29, 1.82) is 0 Å². The maximum atomic E-state index is 12.3. The van der Waals surface area contributed by atoms with E-state index in [0.29, 0.717) is 23.8 Å². The number of benzene rings is 1. The lowest BCUT2D eigenvalue weighted by Gasteiger charge is -2.20. The third kappa shape index (κ3) is 3.03. The molecule has 3 rings (SSSR count). The summed E-state index contributed by atoms with van der Waals surface area (Å²) in [5, 5.41) is 9.18. The van der Waals surface area contributed by atoms with E-state index in [1.807, 2.05) is 25.1 Å². The third-order valence-corrected chi connectivity index (χ3v) is 3.88. The SMILES string of the molecule is COc1ccc(C)cc1N1CC(C(=O)Nc2ccn[nH]2)CC1=O. The largest absolute Gasteiger partial charge is 0.495 e. The average molecular weight is 314 g/mol. The van der Waals surface area contributed by atoms with Crippen LogP contribution in [0.1, 0.15) is 12.0 Å². The van der Waals surface area contributed by atoms with Crippen LogP contribution in [0.25, 0.3) is 0 Å². The van der Waals surface area contributed by atoms with Crippen LogP contribution in [0, 0.1) is 12.8 Å². The van der Waals surface area contributed by atoms with Crippen LogP contribution in [0.5, 0.6) is 5.75 Å². The lowest BCUT2D eigenvalue weighted by molar-refractivity contribution is -0.122. The number of rotatable bonds is 4. The zero-order valence-electron chi connectivity index (χ0n) is 13.0. The summed E-state index contributed by atoms with van der Waals surface area (Å²) in [5.74, 6) is 0.457. The van der Waals surface area contributed by atoms with Crippen molar-refractivity contribution in [2.75, 3.05) is 23.9 Å². The van der Waals surface area contributed by atoms with Crippen molar-refractivity contribution < 1.29 is 14.3 Å². The maximum absolute atomic E-state index is 12.3. The van der Waals surface area contributed by atoms with E-state index in [2.05, 4.69) is 15.5 Å². The van der Waals surface area contributed by atoms with Gasteiger partial charge in [0.1, 0.15) is 11.6 Å². The van der Waals surface area contributed by atoms with Crippen molar-refractivity contribution in [2.45, 2.75) is 13.3 Å². The molecule has 7 heteroatoms. The van der Waals surface area contributed by atoms with Gasteiger partial charge in [-0.05, 0) is 24.6 Å². The molecule has 1 aromatic heterocycles. The lowest BCUT2D eigenvalue weighted by atomic mass is 10.1. The van der Waals surface area contributed by atoms with Crippen molar-refractivity contribution in [3.05, 3.63) is 36.0 Å². The molecule has 1 unspecified atom stereocenters. The number of nitrogens with zero attached hydrogens (tertiary/aromatic N) is 2. The number of H-pyrrole nitrogens is 1. The van der Waals surface area contributed by atoms with Crippen molar-refractivity contribution in [1.82, 2.24) is 10.2 Å². The van der Waals surface area contributed by atoms with E-state index < -0.39 is 5.92 Å². The van der Waals surface area contributed by atoms with Crippen LogP contribution in [0.4, 0.5) is 11.5 Å². The normalized spacial score (nSPS) is 17.4. The van der Waals surface area contributed by atoms with E-state index in [1.165, 1.54) is 0 Å². The molecule has 120 valence electrons. The highest BCUT2D eigenvalue weighted by Gasteiger charge is 2.36. The molecule has 1 atom stereocenters. The highest BCUT2D eigenvalue weighted by molar-refractivity contribution is 6.04. The van der Waals surface area contributed by atoms with Crippen LogP contribution in [0.15, 0.2) is 30.5 Å². The highest BCUT2D eigenvalue weighted by atomic mass is 16.5. The minimum Gasteiger partial charge on any atom is -0.495 e. The number of aromatic nitrogens is 2. The summed E-state index contributed by atoms with van der Waals surface area (Å²) >= 11 is 0. The fraction of sp³-hybridized carbons (Fsp3) is 0.312. The molecule has 0 radical (unpaired) electrons. The number of hydrogen-bond acceptors (Lipinski definition) is 4. The first-order valence-corrected chi connectivity index (χ1v) is 7.33. The number of carbonyl (C=O) groups excluding carboxylic acids is 2. The second-order valence-electron chi connectivity index (χ2n) is 5.54. The van der Waals surface area contributed by atoms with Gasteiger partial charge in [-0.2, -0.15) is 5.10 Å². The first kappa shape index (κ1) is 15.1. The van der Waals surface area contributed by atoms with E-state index in [4.69, 9.17) is 4.74 Å². The van der Waals surface area contributed by atoms with Gasteiger partial charge in [-0.3, -0.25) is 14.7 Å². The molecule has 0 aliphatic carbocycles. The fourth-order valence-electron chi connectivity index (χ4n) is 2.69. The van der Waals surface area contributed by atoms with E-state index in [1.54, 1.807) is 24.3 Å². The molecule has 2 amide bonds. The number of anilines is 2. The predicted octanol–water partition coefficient (Wildman–Crippen LogP) is 1.72. The smallest absolute Gasteiger partial charge is 0.230 e. The molecule has 1 aromatic carbocycles. The summed E-state index contributed by atoms with van der Waals surface area (Å²) < 4.78 is 5.33. The Labute approximate surface area is 133 Å². The number of nitrogens with one attached hydrogen (secondary N) is 2. The van der Waals surface area contributed by atoms with Gasteiger partial charge >= 0.3 is 0 Å². The van der Waals surface area contributed by atoms with Crippen molar-refractivity contribution in [3.63, 3.8) is 0 Å². The first-order valence-electron chi connectivity index (χ1n) is 7.33. The van der Waals surface area contributed by atoms with Crippen LogP contribution < -0.4 is 15.0 Å². The van der Waals surface area contributed by atoms with Crippen LogP contribution >= 0.6 is 0 Å². The summed E-state index contributed by atoms with van der Waals surface area (Å²) in [6.45, 7) is 2.28. The summed E-state index contributed by atoms with van der Waals surface area (Å²) in [5.41, 5.74) is 1.73. The monoisotopic (exact) mass is 314 g/mol. The Balaban J connectivity index is 1.77. The molecular weight excluding hydrogens is 296 g/mol. The van der Waals surface area contributed by atoms with Crippen molar-refractivity contribution >= 4 is 23.3 Å². The predicted molar refractivity (Wildman–Crippen MR) is 85.4 cm³/mol. The topological polar surface area (TPSA) is 87.3 Å². The Hall–Kier alpha value is -2.83. The Morgan fingerprint density at radius 2 is 2.26 bits per heavy atom. The Morgan fingerprint density at radius 3 is 2.96 bits per heavy atom. The van der Waals surface area contributed by atoms with Crippen LogP contribution in [0.3, 0.4) is 0 Å².